The van der Waals surface area contributed by atoms with Gasteiger partial charge in [0.05, 0.1) is 11.2 Å². The molecule has 35 heavy (non-hydrogen) atoms. The van der Waals surface area contributed by atoms with Crippen LogP contribution in [0.4, 0.5) is 5.95 Å². The van der Waals surface area contributed by atoms with Gasteiger partial charge in [0.2, 0.25) is 11.9 Å². The Morgan fingerprint density at radius 1 is 1.03 bits per heavy atom. The van der Waals surface area contributed by atoms with Crippen LogP contribution in [-0.2, 0) is 14.9 Å². The molecule has 0 atom stereocenters. The number of hydrogen-bond donors (Lipinski definition) is 1. The van der Waals surface area contributed by atoms with Crippen LogP contribution in [0.25, 0.3) is 10.9 Å². The quantitative estimate of drug-likeness (QED) is 0.586. The van der Waals surface area contributed by atoms with Crippen molar-refractivity contribution < 1.29 is 9.53 Å². The fourth-order valence-electron chi connectivity index (χ4n) is 5.53. The van der Waals surface area contributed by atoms with Crippen LogP contribution in [-0.4, -0.2) is 48.7 Å². The highest BCUT2D eigenvalue weighted by Gasteiger charge is 2.36. The Bertz CT molecular complexity index is 1200. The van der Waals surface area contributed by atoms with E-state index >= 15 is 0 Å². The molecule has 2 aliphatic heterocycles. The van der Waals surface area contributed by atoms with Crippen molar-refractivity contribution in [1.82, 2.24) is 15.3 Å². The number of nitrogens with one attached hydrogen (secondary N) is 1. The second-order valence-corrected chi connectivity index (χ2v) is 10.3. The molecule has 1 amide bonds. The van der Waals surface area contributed by atoms with E-state index in [9.17, 15) is 4.79 Å². The van der Waals surface area contributed by atoms with Crippen LogP contribution in [0.15, 0.2) is 42.5 Å². The van der Waals surface area contributed by atoms with E-state index in [0.29, 0.717) is 6.54 Å². The lowest BCUT2D eigenvalue weighted by atomic mass is 9.74. The van der Waals surface area contributed by atoms with Gasteiger partial charge in [-0.1, -0.05) is 30.3 Å². The number of anilines is 1. The number of fused-ring (bicyclic) bond motifs is 1. The SMILES string of the molecule is Cc1cc2nc(N3CCC(C(=O)NCC4(c5ccccc5)CCOCC4)CC3)nc(C)c2cc1C. The standard InChI is InChI=1S/C29H36N4O2/c1-20-17-25-22(3)31-28(32-26(25)18-21(20)2)33-13-9-23(10-14-33)27(34)30-19-29(11-15-35-16-12-29)24-7-5-4-6-8-24/h4-8,17-18,23H,9-16,19H2,1-3H3,(H,30,34). The maximum absolute atomic E-state index is 13.2. The maximum Gasteiger partial charge on any atom is 0.226 e. The fraction of sp³-hybridized carbons (Fsp3) is 0.483. The number of amides is 1. The molecule has 2 fully saturated rings. The van der Waals surface area contributed by atoms with Crippen LogP contribution in [0.3, 0.4) is 0 Å². The molecule has 2 aromatic carbocycles. The van der Waals surface area contributed by atoms with Crippen molar-refractivity contribution in [1.29, 1.82) is 0 Å². The summed E-state index contributed by atoms with van der Waals surface area (Å²) < 4.78 is 5.64. The smallest absolute Gasteiger partial charge is 0.226 e. The summed E-state index contributed by atoms with van der Waals surface area (Å²) in [5.74, 6) is 0.987. The largest absolute Gasteiger partial charge is 0.381 e. The number of carbonyl (C=O) groups is 1. The van der Waals surface area contributed by atoms with Crippen molar-refractivity contribution in [2.24, 2.45) is 5.92 Å². The van der Waals surface area contributed by atoms with Crippen LogP contribution in [0.2, 0.25) is 0 Å². The summed E-state index contributed by atoms with van der Waals surface area (Å²) in [5, 5.41) is 4.43. The highest BCUT2D eigenvalue weighted by atomic mass is 16.5. The van der Waals surface area contributed by atoms with Crippen LogP contribution in [0.1, 0.15) is 48.1 Å². The predicted molar refractivity (Wildman–Crippen MR) is 140 cm³/mol. The van der Waals surface area contributed by atoms with Crippen LogP contribution in [0.5, 0.6) is 0 Å². The molecule has 6 heteroatoms. The number of hydrogen-bond acceptors (Lipinski definition) is 5. The van der Waals surface area contributed by atoms with Crippen molar-refractivity contribution >= 4 is 22.8 Å². The molecular formula is C29H36N4O2. The van der Waals surface area contributed by atoms with E-state index in [1.165, 1.54) is 16.7 Å². The Kier molecular flexibility index (Phi) is 6.74. The molecule has 2 saturated heterocycles. The van der Waals surface area contributed by atoms with Crippen LogP contribution < -0.4 is 10.2 Å². The van der Waals surface area contributed by atoms with Gasteiger partial charge in [-0.15, -0.1) is 0 Å². The third-order valence-electron chi connectivity index (χ3n) is 8.08. The van der Waals surface area contributed by atoms with E-state index in [-0.39, 0.29) is 17.2 Å². The number of piperidine rings is 1. The van der Waals surface area contributed by atoms with Gasteiger partial charge in [0.1, 0.15) is 0 Å². The number of benzene rings is 2. The number of aromatic nitrogens is 2. The van der Waals surface area contributed by atoms with E-state index in [2.05, 4.69) is 67.4 Å². The average Bonchev–Trinajstić information content (AvgIpc) is 2.89. The number of ether oxygens (including phenoxy) is 1. The Hall–Kier alpha value is -2.99. The fourth-order valence-corrected chi connectivity index (χ4v) is 5.53. The highest BCUT2D eigenvalue weighted by Crippen LogP contribution is 2.34. The minimum absolute atomic E-state index is 0.0327. The first-order valence-electron chi connectivity index (χ1n) is 12.9. The van der Waals surface area contributed by atoms with Gasteiger partial charge in [-0.05, 0) is 75.3 Å². The zero-order chi connectivity index (χ0) is 24.4. The van der Waals surface area contributed by atoms with Crippen molar-refractivity contribution in [2.45, 2.75) is 51.9 Å². The average molecular weight is 473 g/mol. The normalized spacial score (nSPS) is 18.5. The highest BCUT2D eigenvalue weighted by molar-refractivity contribution is 5.83. The molecule has 0 aliphatic carbocycles. The topological polar surface area (TPSA) is 67.4 Å². The van der Waals surface area contributed by atoms with Gasteiger partial charge >= 0.3 is 0 Å². The lowest BCUT2D eigenvalue weighted by molar-refractivity contribution is -0.126. The van der Waals surface area contributed by atoms with Crippen molar-refractivity contribution in [3.05, 3.63) is 64.8 Å². The number of aryl methyl sites for hydroxylation is 3. The lowest BCUT2D eigenvalue weighted by Crippen LogP contribution is -2.47. The van der Waals surface area contributed by atoms with Crippen molar-refractivity contribution in [2.75, 3.05) is 37.7 Å². The molecule has 5 rings (SSSR count). The van der Waals surface area contributed by atoms with Crippen LogP contribution in [0, 0.1) is 26.7 Å². The lowest BCUT2D eigenvalue weighted by Gasteiger charge is -2.38. The Balaban J connectivity index is 1.22. The second-order valence-electron chi connectivity index (χ2n) is 10.3. The molecule has 3 heterocycles. The van der Waals surface area contributed by atoms with E-state index in [1.54, 1.807) is 0 Å². The molecule has 0 bridgehead atoms. The monoisotopic (exact) mass is 472 g/mol. The summed E-state index contributed by atoms with van der Waals surface area (Å²) >= 11 is 0. The van der Waals surface area contributed by atoms with Gasteiger partial charge in [-0.25, -0.2) is 9.97 Å². The minimum atomic E-state index is -0.0389. The molecule has 0 radical (unpaired) electrons. The van der Waals surface area contributed by atoms with Gasteiger partial charge in [-0.3, -0.25) is 4.79 Å². The number of carbonyl (C=O) groups excluding carboxylic acids is 1. The summed E-state index contributed by atoms with van der Waals surface area (Å²) in [6.07, 6.45) is 3.52. The maximum atomic E-state index is 13.2. The summed E-state index contributed by atoms with van der Waals surface area (Å²) in [5.41, 5.74) is 5.78. The summed E-state index contributed by atoms with van der Waals surface area (Å²) in [6, 6.07) is 14.9. The predicted octanol–water partition coefficient (Wildman–Crippen LogP) is 4.64. The molecule has 1 N–H and O–H groups in total. The van der Waals surface area contributed by atoms with E-state index in [1.807, 2.05) is 6.07 Å². The van der Waals surface area contributed by atoms with E-state index in [0.717, 1.165) is 74.5 Å². The van der Waals surface area contributed by atoms with Gasteiger partial charge < -0.3 is 15.0 Å². The molecule has 0 saturated carbocycles. The zero-order valence-corrected chi connectivity index (χ0v) is 21.1. The van der Waals surface area contributed by atoms with E-state index < -0.39 is 0 Å². The van der Waals surface area contributed by atoms with Gasteiger partial charge in [0.25, 0.3) is 0 Å². The molecule has 6 nitrogen and oxygen atoms in total. The third-order valence-corrected chi connectivity index (χ3v) is 8.08. The van der Waals surface area contributed by atoms with Gasteiger partial charge in [0.15, 0.2) is 0 Å². The van der Waals surface area contributed by atoms with Crippen LogP contribution >= 0.6 is 0 Å². The summed E-state index contributed by atoms with van der Waals surface area (Å²) in [6.45, 7) is 10.1. The van der Waals surface area contributed by atoms with E-state index in [4.69, 9.17) is 14.7 Å². The van der Waals surface area contributed by atoms with Gasteiger partial charge in [0, 0.05) is 49.6 Å². The summed E-state index contributed by atoms with van der Waals surface area (Å²) in [7, 11) is 0. The molecule has 0 unspecified atom stereocenters. The third kappa shape index (κ3) is 4.90. The molecule has 1 aromatic heterocycles. The first-order chi connectivity index (χ1) is 16.9. The molecule has 3 aromatic rings. The van der Waals surface area contributed by atoms with Crippen molar-refractivity contribution in [3.8, 4) is 0 Å². The molecule has 184 valence electrons. The second kappa shape index (κ2) is 9.94. The number of rotatable bonds is 5. The Labute approximate surface area is 208 Å². The first-order valence-corrected chi connectivity index (χ1v) is 12.9. The number of nitrogens with zero attached hydrogens (tertiary/aromatic N) is 3. The molecule has 0 spiro atoms. The zero-order valence-electron chi connectivity index (χ0n) is 21.1. The minimum Gasteiger partial charge on any atom is -0.381 e. The molecular weight excluding hydrogens is 436 g/mol. The molecule has 2 aliphatic rings. The first kappa shape index (κ1) is 23.7. The van der Waals surface area contributed by atoms with Crippen molar-refractivity contribution in [3.63, 3.8) is 0 Å². The van der Waals surface area contributed by atoms with Gasteiger partial charge in [-0.2, -0.15) is 0 Å². The summed E-state index contributed by atoms with van der Waals surface area (Å²) in [4.78, 5) is 25.1. The Morgan fingerprint density at radius 2 is 1.71 bits per heavy atom. The Morgan fingerprint density at radius 3 is 2.43 bits per heavy atom.